The van der Waals surface area contributed by atoms with E-state index >= 15 is 0 Å². The highest BCUT2D eigenvalue weighted by molar-refractivity contribution is 14.0. The number of hydrogen-bond donors (Lipinski definition) is 3. The van der Waals surface area contributed by atoms with Gasteiger partial charge < -0.3 is 16.0 Å². The van der Waals surface area contributed by atoms with Crippen molar-refractivity contribution in [3.05, 3.63) is 35.4 Å². The number of benzene rings is 1. The average Bonchev–Trinajstić information content (AvgIpc) is 3.13. The third-order valence-electron chi connectivity index (χ3n) is 5.23. The fourth-order valence-corrected chi connectivity index (χ4v) is 3.52. The Kier molecular flexibility index (Phi) is 9.98. The minimum absolute atomic E-state index is 0. The second-order valence-electron chi connectivity index (χ2n) is 6.89. The maximum atomic E-state index is 11.8. The summed E-state index contributed by atoms with van der Waals surface area (Å²) in [7, 11) is 1.65. The second-order valence-corrected chi connectivity index (χ2v) is 6.89. The molecule has 6 heteroatoms. The van der Waals surface area contributed by atoms with Crippen LogP contribution in [0.15, 0.2) is 29.3 Å². The maximum absolute atomic E-state index is 11.8. The number of rotatable bonds is 7. The van der Waals surface area contributed by atoms with Gasteiger partial charge in [0.25, 0.3) is 5.91 Å². The molecule has 1 aliphatic rings. The van der Waals surface area contributed by atoms with Crippen LogP contribution in [0.3, 0.4) is 0 Å². The van der Waals surface area contributed by atoms with Crippen molar-refractivity contribution in [3.8, 4) is 0 Å². The van der Waals surface area contributed by atoms with Gasteiger partial charge >= 0.3 is 0 Å². The van der Waals surface area contributed by atoms with E-state index in [1.54, 1.807) is 7.05 Å². The number of halogens is 1. The summed E-state index contributed by atoms with van der Waals surface area (Å²) in [4.78, 5) is 16.5. The first-order chi connectivity index (χ1) is 12.1. The van der Waals surface area contributed by atoms with Gasteiger partial charge in [0.2, 0.25) is 0 Å². The van der Waals surface area contributed by atoms with E-state index < -0.39 is 0 Å². The molecule has 1 saturated carbocycles. The van der Waals surface area contributed by atoms with Crippen molar-refractivity contribution < 1.29 is 4.79 Å². The lowest BCUT2D eigenvalue weighted by atomic mass is 9.83. The van der Waals surface area contributed by atoms with Gasteiger partial charge in [-0.2, -0.15) is 0 Å². The number of aliphatic imine (C=N–C) groups is 1. The average molecular weight is 472 g/mol. The molecule has 1 amide bonds. The number of nitrogens with zero attached hydrogens (tertiary/aromatic N) is 1. The first-order valence-electron chi connectivity index (χ1n) is 9.45. The molecule has 2 rings (SSSR count). The zero-order valence-electron chi connectivity index (χ0n) is 16.2. The summed E-state index contributed by atoms with van der Waals surface area (Å²) in [6.45, 7) is 6.74. The standard InChI is InChI=1S/C20H32N4O.HI/c1-4-20(11-6-7-12-20)15-24-19(22-5-2)23-14-16-9-8-10-17(13-16)18(25)21-3;/h8-10,13H,4-7,11-12,14-15H2,1-3H3,(H,21,25)(H2,22,23,24);1H. The van der Waals surface area contributed by atoms with E-state index in [4.69, 9.17) is 4.99 Å². The number of carbonyl (C=O) groups is 1. The van der Waals surface area contributed by atoms with Crippen molar-refractivity contribution in [1.82, 2.24) is 16.0 Å². The predicted molar refractivity (Wildman–Crippen MR) is 119 cm³/mol. The summed E-state index contributed by atoms with van der Waals surface area (Å²) >= 11 is 0. The summed E-state index contributed by atoms with van der Waals surface area (Å²) in [5.74, 6) is 0.787. The Hall–Kier alpha value is -1.31. The van der Waals surface area contributed by atoms with Crippen LogP contribution in [0.25, 0.3) is 0 Å². The maximum Gasteiger partial charge on any atom is 0.251 e. The van der Waals surface area contributed by atoms with E-state index in [0.29, 0.717) is 17.5 Å². The van der Waals surface area contributed by atoms with Crippen molar-refractivity contribution in [1.29, 1.82) is 0 Å². The molecule has 1 aliphatic carbocycles. The number of hydrogen-bond acceptors (Lipinski definition) is 2. The van der Waals surface area contributed by atoms with Gasteiger partial charge in [-0.15, -0.1) is 24.0 Å². The van der Waals surface area contributed by atoms with Gasteiger partial charge in [-0.1, -0.05) is 31.9 Å². The van der Waals surface area contributed by atoms with Gasteiger partial charge in [-0.3, -0.25) is 4.79 Å². The summed E-state index contributed by atoms with van der Waals surface area (Å²) in [6.07, 6.45) is 6.52. The van der Waals surface area contributed by atoms with Crippen LogP contribution in [0.4, 0.5) is 0 Å². The Labute approximate surface area is 174 Å². The lowest BCUT2D eigenvalue weighted by Crippen LogP contribution is -2.42. The van der Waals surface area contributed by atoms with Crippen LogP contribution in [0, 0.1) is 5.41 Å². The molecule has 1 aromatic rings. The Morgan fingerprint density at radius 2 is 1.92 bits per heavy atom. The molecule has 0 radical (unpaired) electrons. The lowest BCUT2D eigenvalue weighted by molar-refractivity contribution is 0.0963. The highest BCUT2D eigenvalue weighted by atomic mass is 127. The van der Waals surface area contributed by atoms with Gasteiger partial charge in [0.05, 0.1) is 6.54 Å². The van der Waals surface area contributed by atoms with Crippen LogP contribution in [-0.2, 0) is 6.54 Å². The summed E-state index contributed by atoms with van der Waals surface area (Å²) < 4.78 is 0. The van der Waals surface area contributed by atoms with Gasteiger partial charge in [0.1, 0.15) is 0 Å². The van der Waals surface area contributed by atoms with Gasteiger partial charge in [0, 0.05) is 25.7 Å². The number of nitrogens with one attached hydrogen (secondary N) is 3. The third-order valence-corrected chi connectivity index (χ3v) is 5.23. The van der Waals surface area contributed by atoms with Crippen LogP contribution in [0.5, 0.6) is 0 Å². The molecular formula is C20H33IN4O. The molecule has 146 valence electrons. The fourth-order valence-electron chi connectivity index (χ4n) is 3.52. The Balaban J connectivity index is 0.00000338. The zero-order chi connectivity index (χ0) is 18.1. The summed E-state index contributed by atoms with van der Waals surface area (Å²) in [5, 5.41) is 9.52. The molecule has 0 spiro atoms. The molecule has 1 fully saturated rings. The SMILES string of the molecule is CCNC(=NCc1cccc(C(=O)NC)c1)NCC1(CC)CCCC1.I. The molecule has 0 atom stereocenters. The van der Waals surface area contributed by atoms with E-state index in [1.165, 1.54) is 32.1 Å². The van der Waals surface area contributed by atoms with Crippen LogP contribution < -0.4 is 16.0 Å². The molecular weight excluding hydrogens is 439 g/mol. The Morgan fingerprint density at radius 1 is 1.19 bits per heavy atom. The van der Waals surface area contributed by atoms with E-state index in [1.807, 2.05) is 24.3 Å². The van der Waals surface area contributed by atoms with Crippen LogP contribution in [0.2, 0.25) is 0 Å². The molecule has 0 heterocycles. The molecule has 1 aromatic carbocycles. The van der Waals surface area contributed by atoms with Crippen molar-refractivity contribution in [3.63, 3.8) is 0 Å². The molecule has 26 heavy (non-hydrogen) atoms. The smallest absolute Gasteiger partial charge is 0.251 e. The fraction of sp³-hybridized carbons (Fsp3) is 0.600. The minimum Gasteiger partial charge on any atom is -0.357 e. The lowest BCUT2D eigenvalue weighted by Gasteiger charge is -2.28. The Morgan fingerprint density at radius 3 is 2.54 bits per heavy atom. The number of amides is 1. The molecule has 3 N–H and O–H groups in total. The van der Waals surface area contributed by atoms with Crippen LogP contribution in [0.1, 0.15) is 61.9 Å². The second kappa shape index (κ2) is 11.4. The van der Waals surface area contributed by atoms with Crippen molar-refractivity contribution in [2.45, 2.75) is 52.5 Å². The van der Waals surface area contributed by atoms with Crippen molar-refractivity contribution >= 4 is 35.8 Å². The van der Waals surface area contributed by atoms with E-state index in [-0.39, 0.29) is 29.9 Å². The number of guanidine groups is 1. The Bertz CT molecular complexity index is 597. The highest BCUT2D eigenvalue weighted by Gasteiger charge is 2.31. The van der Waals surface area contributed by atoms with Gasteiger partial charge in [0.15, 0.2) is 5.96 Å². The van der Waals surface area contributed by atoms with Crippen molar-refractivity contribution in [2.75, 3.05) is 20.1 Å². The van der Waals surface area contributed by atoms with E-state index in [0.717, 1.165) is 24.6 Å². The third kappa shape index (κ3) is 6.45. The van der Waals surface area contributed by atoms with E-state index in [2.05, 4.69) is 29.8 Å². The predicted octanol–water partition coefficient (Wildman–Crippen LogP) is 3.69. The summed E-state index contributed by atoms with van der Waals surface area (Å²) in [5.41, 5.74) is 2.13. The monoisotopic (exact) mass is 472 g/mol. The first-order valence-corrected chi connectivity index (χ1v) is 9.45. The van der Waals surface area contributed by atoms with E-state index in [9.17, 15) is 4.79 Å². The minimum atomic E-state index is -0.0676. The molecule has 0 aromatic heterocycles. The van der Waals surface area contributed by atoms with Gasteiger partial charge in [-0.25, -0.2) is 4.99 Å². The highest BCUT2D eigenvalue weighted by Crippen LogP contribution is 2.40. The van der Waals surface area contributed by atoms with Gasteiger partial charge in [-0.05, 0) is 49.3 Å². The quantitative estimate of drug-likeness (QED) is 0.322. The topological polar surface area (TPSA) is 65.5 Å². The molecule has 5 nitrogen and oxygen atoms in total. The largest absolute Gasteiger partial charge is 0.357 e. The molecule has 0 saturated heterocycles. The summed E-state index contributed by atoms with van der Waals surface area (Å²) in [6, 6.07) is 7.63. The van der Waals surface area contributed by atoms with Crippen LogP contribution >= 0.6 is 24.0 Å². The van der Waals surface area contributed by atoms with Crippen molar-refractivity contribution in [2.24, 2.45) is 10.4 Å². The normalized spacial score (nSPS) is 15.9. The number of carbonyl (C=O) groups excluding carboxylic acids is 1. The first kappa shape index (κ1) is 22.7. The molecule has 0 unspecified atom stereocenters. The molecule has 0 bridgehead atoms. The van der Waals surface area contributed by atoms with Crippen LogP contribution in [-0.4, -0.2) is 32.0 Å². The molecule has 0 aliphatic heterocycles. The zero-order valence-corrected chi connectivity index (χ0v) is 18.6.